The number of nitrogens with one attached hydrogen (secondary N) is 1. The van der Waals surface area contributed by atoms with Crippen molar-refractivity contribution >= 4 is 11.8 Å². The Morgan fingerprint density at radius 1 is 1.33 bits per heavy atom. The lowest BCUT2D eigenvalue weighted by molar-refractivity contribution is -0.119. The number of carbonyl (C=O) groups is 2. The molecular formula is C16H22N2O3. The minimum atomic E-state index is -0.564. The van der Waals surface area contributed by atoms with Crippen LogP contribution in [-0.4, -0.2) is 24.5 Å². The Hall–Kier alpha value is -2.04. The number of ether oxygens (including phenoxy) is 1. The average molecular weight is 290 g/mol. The fourth-order valence-electron chi connectivity index (χ4n) is 2.76. The van der Waals surface area contributed by atoms with Gasteiger partial charge in [-0.1, -0.05) is 31.9 Å². The van der Waals surface area contributed by atoms with E-state index in [0.29, 0.717) is 17.2 Å². The molecule has 1 saturated carbocycles. The summed E-state index contributed by atoms with van der Waals surface area (Å²) in [7, 11) is 0. The first-order chi connectivity index (χ1) is 10.1. The maximum absolute atomic E-state index is 12.4. The van der Waals surface area contributed by atoms with E-state index in [0.717, 1.165) is 19.3 Å². The highest BCUT2D eigenvalue weighted by atomic mass is 16.5. The number of para-hydroxylation sites is 1. The maximum atomic E-state index is 12.4. The highest BCUT2D eigenvalue weighted by Crippen LogP contribution is 2.24. The molecule has 3 N–H and O–H groups in total. The Kier molecular flexibility index (Phi) is 5.20. The Bertz CT molecular complexity index is 516. The van der Waals surface area contributed by atoms with Gasteiger partial charge in [-0.3, -0.25) is 9.59 Å². The quantitative estimate of drug-likeness (QED) is 0.868. The highest BCUT2D eigenvalue weighted by molar-refractivity contribution is 5.97. The summed E-state index contributed by atoms with van der Waals surface area (Å²) >= 11 is 0. The monoisotopic (exact) mass is 290 g/mol. The predicted molar refractivity (Wildman–Crippen MR) is 80.0 cm³/mol. The molecule has 1 aromatic rings. The van der Waals surface area contributed by atoms with Crippen molar-refractivity contribution in [2.24, 2.45) is 11.7 Å². The van der Waals surface area contributed by atoms with Crippen molar-refractivity contribution in [1.82, 2.24) is 5.32 Å². The standard InChI is InChI=1S/C16H22N2O3/c1-11-5-4-6-12(9-11)18-16(20)13-7-2-3-8-14(13)21-10-15(17)19/h2-3,7-8,11-12H,4-6,9-10H2,1H3,(H2,17,19)(H,18,20). The Labute approximate surface area is 124 Å². The van der Waals surface area contributed by atoms with Crippen molar-refractivity contribution in [3.8, 4) is 5.75 Å². The van der Waals surface area contributed by atoms with Crippen LogP contribution >= 0.6 is 0 Å². The van der Waals surface area contributed by atoms with Gasteiger partial charge < -0.3 is 15.8 Å². The van der Waals surface area contributed by atoms with E-state index in [1.165, 1.54) is 6.42 Å². The van der Waals surface area contributed by atoms with E-state index in [1.807, 2.05) is 0 Å². The van der Waals surface area contributed by atoms with Crippen LogP contribution in [0.5, 0.6) is 5.75 Å². The molecule has 1 aromatic carbocycles. The molecule has 0 bridgehead atoms. The lowest BCUT2D eigenvalue weighted by Crippen LogP contribution is -2.38. The molecule has 1 fully saturated rings. The first-order valence-corrected chi connectivity index (χ1v) is 7.37. The van der Waals surface area contributed by atoms with Crippen LogP contribution < -0.4 is 15.8 Å². The van der Waals surface area contributed by atoms with Gasteiger partial charge in [-0.15, -0.1) is 0 Å². The molecule has 1 aliphatic carbocycles. The molecule has 0 spiro atoms. The second-order valence-corrected chi connectivity index (χ2v) is 5.69. The molecule has 0 radical (unpaired) electrons. The van der Waals surface area contributed by atoms with Gasteiger partial charge in [0.25, 0.3) is 11.8 Å². The molecule has 0 aromatic heterocycles. The Morgan fingerprint density at radius 3 is 2.81 bits per heavy atom. The second-order valence-electron chi connectivity index (χ2n) is 5.69. The van der Waals surface area contributed by atoms with Gasteiger partial charge in [0.05, 0.1) is 5.56 Å². The maximum Gasteiger partial charge on any atom is 0.255 e. The number of nitrogens with two attached hydrogens (primary N) is 1. The van der Waals surface area contributed by atoms with E-state index in [9.17, 15) is 9.59 Å². The SMILES string of the molecule is CC1CCCC(NC(=O)c2ccccc2OCC(N)=O)C1. The third-order valence-electron chi connectivity index (χ3n) is 3.77. The topological polar surface area (TPSA) is 81.4 Å². The summed E-state index contributed by atoms with van der Waals surface area (Å²) in [5.74, 6) is 0.309. The summed E-state index contributed by atoms with van der Waals surface area (Å²) in [5.41, 5.74) is 5.51. The summed E-state index contributed by atoms with van der Waals surface area (Å²) in [6, 6.07) is 7.11. The van der Waals surface area contributed by atoms with Crippen molar-refractivity contribution < 1.29 is 14.3 Å². The van der Waals surface area contributed by atoms with Gasteiger partial charge in [0, 0.05) is 6.04 Å². The van der Waals surface area contributed by atoms with Crippen molar-refractivity contribution in [1.29, 1.82) is 0 Å². The molecule has 2 atom stereocenters. The largest absolute Gasteiger partial charge is 0.483 e. The van der Waals surface area contributed by atoms with Crippen molar-refractivity contribution in [2.75, 3.05) is 6.61 Å². The zero-order chi connectivity index (χ0) is 15.2. The number of hydrogen-bond acceptors (Lipinski definition) is 3. The fraction of sp³-hybridized carbons (Fsp3) is 0.500. The van der Waals surface area contributed by atoms with Crippen LogP contribution in [-0.2, 0) is 4.79 Å². The van der Waals surface area contributed by atoms with Gasteiger partial charge in [-0.25, -0.2) is 0 Å². The van der Waals surface area contributed by atoms with E-state index in [1.54, 1.807) is 24.3 Å². The molecule has 0 heterocycles. The summed E-state index contributed by atoms with van der Waals surface area (Å²) in [6.45, 7) is 1.98. The van der Waals surface area contributed by atoms with E-state index in [4.69, 9.17) is 10.5 Å². The van der Waals surface area contributed by atoms with E-state index in [2.05, 4.69) is 12.2 Å². The van der Waals surface area contributed by atoms with Crippen LogP contribution in [0.25, 0.3) is 0 Å². The molecule has 2 amide bonds. The first kappa shape index (κ1) is 15.4. The van der Waals surface area contributed by atoms with Crippen LogP contribution in [0.1, 0.15) is 43.0 Å². The van der Waals surface area contributed by atoms with Crippen LogP contribution in [0.3, 0.4) is 0 Å². The summed E-state index contributed by atoms with van der Waals surface area (Å²) in [5, 5.41) is 3.06. The summed E-state index contributed by atoms with van der Waals surface area (Å²) < 4.78 is 5.29. The van der Waals surface area contributed by atoms with E-state index >= 15 is 0 Å². The number of carbonyl (C=O) groups excluding carboxylic acids is 2. The second kappa shape index (κ2) is 7.11. The summed E-state index contributed by atoms with van der Waals surface area (Å²) in [4.78, 5) is 23.2. The molecule has 114 valence electrons. The van der Waals surface area contributed by atoms with Crippen LogP contribution in [0, 0.1) is 5.92 Å². The third-order valence-corrected chi connectivity index (χ3v) is 3.77. The summed E-state index contributed by atoms with van der Waals surface area (Å²) in [6.07, 6.45) is 4.40. The average Bonchev–Trinajstić information content (AvgIpc) is 2.45. The predicted octanol–water partition coefficient (Wildman–Crippen LogP) is 1.86. The lowest BCUT2D eigenvalue weighted by atomic mass is 9.87. The third kappa shape index (κ3) is 4.48. The van der Waals surface area contributed by atoms with Crippen LogP contribution in [0.2, 0.25) is 0 Å². The number of rotatable bonds is 5. The Morgan fingerprint density at radius 2 is 2.10 bits per heavy atom. The van der Waals surface area contributed by atoms with Gasteiger partial charge in [-0.2, -0.15) is 0 Å². The minimum absolute atomic E-state index is 0.158. The smallest absolute Gasteiger partial charge is 0.255 e. The van der Waals surface area contributed by atoms with Crippen LogP contribution in [0.15, 0.2) is 24.3 Å². The number of amides is 2. The van der Waals surface area contributed by atoms with Crippen molar-refractivity contribution in [3.63, 3.8) is 0 Å². The molecule has 2 rings (SSSR count). The molecule has 2 unspecified atom stereocenters. The molecule has 5 heteroatoms. The van der Waals surface area contributed by atoms with Gasteiger partial charge in [-0.05, 0) is 30.9 Å². The van der Waals surface area contributed by atoms with Gasteiger partial charge in [0.1, 0.15) is 5.75 Å². The fourth-order valence-corrected chi connectivity index (χ4v) is 2.76. The molecular weight excluding hydrogens is 268 g/mol. The van der Waals surface area contributed by atoms with Crippen molar-refractivity contribution in [2.45, 2.75) is 38.6 Å². The molecule has 1 aliphatic rings. The molecule has 0 aliphatic heterocycles. The number of hydrogen-bond donors (Lipinski definition) is 2. The van der Waals surface area contributed by atoms with Crippen molar-refractivity contribution in [3.05, 3.63) is 29.8 Å². The van der Waals surface area contributed by atoms with Gasteiger partial charge in [0.15, 0.2) is 6.61 Å². The molecule has 5 nitrogen and oxygen atoms in total. The normalized spacial score (nSPS) is 21.6. The van der Waals surface area contributed by atoms with Crippen LogP contribution in [0.4, 0.5) is 0 Å². The first-order valence-electron chi connectivity index (χ1n) is 7.37. The Balaban J connectivity index is 2.02. The molecule has 0 saturated heterocycles. The lowest BCUT2D eigenvalue weighted by Gasteiger charge is -2.27. The van der Waals surface area contributed by atoms with Gasteiger partial charge >= 0.3 is 0 Å². The number of primary amides is 1. The zero-order valence-electron chi connectivity index (χ0n) is 12.3. The molecule has 21 heavy (non-hydrogen) atoms. The zero-order valence-corrected chi connectivity index (χ0v) is 12.3. The van der Waals surface area contributed by atoms with E-state index < -0.39 is 5.91 Å². The van der Waals surface area contributed by atoms with E-state index in [-0.39, 0.29) is 18.6 Å². The minimum Gasteiger partial charge on any atom is -0.483 e. The highest BCUT2D eigenvalue weighted by Gasteiger charge is 2.22. The number of benzene rings is 1. The van der Waals surface area contributed by atoms with Gasteiger partial charge in [0.2, 0.25) is 0 Å².